The summed E-state index contributed by atoms with van der Waals surface area (Å²) in [6, 6.07) is 4.16. The largest absolute Gasteiger partial charge is 0.446 e. The van der Waals surface area contributed by atoms with E-state index in [1.165, 1.54) is 12.1 Å². The highest BCUT2D eigenvalue weighted by Crippen LogP contribution is 2.44. The number of benzene rings is 1. The third-order valence-electron chi connectivity index (χ3n) is 1.80. The van der Waals surface area contributed by atoms with E-state index in [0.717, 1.165) is 12.1 Å². The quantitative estimate of drug-likeness (QED) is 0.585. The second-order valence-electron chi connectivity index (χ2n) is 3.13. The molecule has 0 spiro atoms. The van der Waals surface area contributed by atoms with Crippen LogP contribution in [0.4, 0.5) is 26.3 Å². The van der Waals surface area contributed by atoms with Gasteiger partial charge in [0.15, 0.2) is 0 Å². The molecule has 0 fully saturated rings. The Kier molecular flexibility index (Phi) is 4.84. The van der Waals surface area contributed by atoms with Crippen molar-refractivity contribution in [1.29, 1.82) is 10.5 Å². The second-order valence-corrected chi connectivity index (χ2v) is 5.34. The first kappa shape index (κ1) is 16.5. The average Bonchev–Trinajstić information content (AvgIpc) is 2.26. The summed E-state index contributed by atoms with van der Waals surface area (Å²) in [5.41, 5.74) is -10.9. The molecule has 0 saturated carbocycles. The van der Waals surface area contributed by atoms with Gasteiger partial charge in [0.25, 0.3) is 0 Å². The number of nitrogens with zero attached hydrogens (tertiary/aromatic N) is 2. The highest BCUT2D eigenvalue weighted by molar-refractivity contribution is 8.00. The third-order valence-corrected chi connectivity index (χ3v) is 3.39. The topological polar surface area (TPSA) is 47.6 Å². The fraction of sp³-hybridized carbons (Fsp3) is 0.200. The summed E-state index contributed by atoms with van der Waals surface area (Å²) in [5.74, 6) is 0. The van der Waals surface area contributed by atoms with Crippen molar-refractivity contribution in [2.24, 2.45) is 0 Å². The monoisotopic (exact) mass is 328 g/mol. The second kappa shape index (κ2) is 5.85. The highest BCUT2D eigenvalue weighted by atomic mass is 32.2. The van der Waals surface area contributed by atoms with Gasteiger partial charge in [-0.15, -0.1) is 0 Å². The van der Waals surface area contributed by atoms with Crippen molar-refractivity contribution in [2.75, 3.05) is 0 Å². The molecule has 20 heavy (non-hydrogen) atoms. The van der Waals surface area contributed by atoms with Gasteiger partial charge in [-0.1, -0.05) is 0 Å². The zero-order valence-electron chi connectivity index (χ0n) is 9.13. The van der Waals surface area contributed by atoms with Gasteiger partial charge in [-0.25, -0.2) is 0 Å². The van der Waals surface area contributed by atoms with Gasteiger partial charge < -0.3 is 0 Å². The molecule has 2 nitrogen and oxygen atoms in total. The predicted octanol–water partition coefficient (Wildman–Crippen LogP) is 4.65. The third kappa shape index (κ3) is 4.54. The first-order valence-corrected chi connectivity index (χ1v) is 6.19. The van der Waals surface area contributed by atoms with E-state index < -0.39 is 55.5 Å². The van der Waals surface area contributed by atoms with Crippen LogP contribution in [0.1, 0.15) is 11.1 Å². The summed E-state index contributed by atoms with van der Waals surface area (Å²) in [6.45, 7) is 0. The van der Waals surface area contributed by atoms with E-state index in [4.69, 9.17) is 10.5 Å². The Hall–Kier alpha value is -1.52. The van der Waals surface area contributed by atoms with Crippen molar-refractivity contribution in [1.82, 2.24) is 0 Å². The van der Waals surface area contributed by atoms with Gasteiger partial charge in [0.05, 0.1) is 11.1 Å². The normalized spacial score (nSPS) is 11.8. The van der Waals surface area contributed by atoms with E-state index in [1.807, 2.05) is 0 Å². The maximum absolute atomic E-state index is 12.3. The van der Waals surface area contributed by atoms with Gasteiger partial charge in [-0.3, -0.25) is 0 Å². The van der Waals surface area contributed by atoms with Crippen LogP contribution in [0.5, 0.6) is 0 Å². The van der Waals surface area contributed by atoms with Gasteiger partial charge >= 0.3 is 11.0 Å². The molecule has 0 amide bonds. The van der Waals surface area contributed by atoms with Crippen LogP contribution in [0.3, 0.4) is 0 Å². The van der Waals surface area contributed by atoms with Crippen molar-refractivity contribution >= 4 is 23.5 Å². The average molecular weight is 328 g/mol. The maximum Gasteiger partial charge on any atom is 0.446 e. The van der Waals surface area contributed by atoms with Crippen LogP contribution in [0.2, 0.25) is 0 Å². The van der Waals surface area contributed by atoms with Crippen LogP contribution in [0.15, 0.2) is 21.9 Å². The van der Waals surface area contributed by atoms with E-state index in [1.54, 1.807) is 0 Å². The van der Waals surface area contributed by atoms with E-state index in [0.29, 0.717) is 0 Å². The van der Waals surface area contributed by atoms with Crippen molar-refractivity contribution in [3.63, 3.8) is 0 Å². The fourth-order valence-electron chi connectivity index (χ4n) is 1.21. The minimum Gasteiger partial charge on any atom is -0.192 e. The van der Waals surface area contributed by atoms with E-state index in [2.05, 4.69) is 0 Å². The molecule has 0 N–H and O–H groups in total. The molecular formula is C10H2F6N2S2. The van der Waals surface area contributed by atoms with Crippen LogP contribution in [0.25, 0.3) is 0 Å². The Labute approximate surface area is 117 Å². The minimum absolute atomic E-state index is 0.608. The summed E-state index contributed by atoms with van der Waals surface area (Å²) >= 11 is -1.31. The van der Waals surface area contributed by atoms with Gasteiger partial charge in [0.1, 0.15) is 12.1 Å². The van der Waals surface area contributed by atoms with Crippen molar-refractivity contribution < 1.29 is 26.3 Å². The molecule has 1 aromatic rings. The summed E-state index contributed by atoms with van der Waals surface area (Å²) in [5, 5.41) is 17.6. The summed E-state index contributed by atoms with van der Waals surface area (Å²) in [7, 11) is 0. The molecule has 0 atom stereocenters. The number of hydrogen-bond acceptors (Lipinski definition) is 4. The number of thioether (sulfide) groups is 2. The van der Waals surface area contributed by atoms with Crippen LogP contribution in [0, 0.1) is 22.7 Å². The Balaban J connectivity index is 3.36. The molecule has 0 heterocycles. The Bertz CT molecular complexity index is 541. The minimum atomic E-state index is -4.71. The molecule has 0 bridgehead atoms. The maximum atomic E-state index is 12.3. The SMILES string of the molecule is N#Cc1c(SC(F)(F)F)ccc(SC(F)(F)F)c1C#N. The Morgan fingerprint density at radius 1 is 0.750 bits per heavy atom. The lowest BCUT2D eigenvalue weighted by Crippen LogP contribution is -2.04. The predicted molar refractivity (Wildman–Crippen MR) is 59.7 cm³/mol. The molecule has 10 heteroatoms. The molecule has 106 valence electrons. The van der Waals surface area contributed by atoms with E-state index >= 15 is 0 Å². The van der Waals surface area contributed by atoms with Crippen molar-refractivity contribution in [3.05, 3.63) is 23.3 Å². The lowest BCUT2D eigenvalue weighted by atomic mass is 10.1. The van der Waals surface area contributed by atoms with Gasteiger partial charge in [0, 0.05) is 9.79 Å². The van der Waals surface area contributed by atoms with Gasteiger partial charge in [-0.05, 0) is 35.7 Å². The van der Waals surface area contributed by atoms with E-state index in [-0.39, 0.29) is 0 Å². The molecule has 0 aliphatic heterocycles. The van der Waals surface area contributed by atoms with Crippen LogP contribution >= 0.6 is 23.5 Å². The Morgan fingerprint density at radius 3 is 1.25 bits per heavy atom. The molecule has 1 rings (SSSR count). The lowest BCUT2D eigenvalue weighted by Gasteiger charge is -2.12. The van der Waals surface area contributed by atoms with Gasteiger partial charge in [-0.2, -0.15) is 36.9 Å². The molecule has 0 unspecified atom stereocenters. The number of hydrogen-bond donors (Lipinski definition) is 0. The molecular weight excluding hydrogens is 326 g/mol. The molecule has 0 aromatic heterocycles. The molecule has 1 aromatic carbocycles. The molecule has 0 saturated heterocycles. The van der Waals surface area contributed by atoms with Crippen LogP contribution in [-0.2, 0) is 0 Å². The molecule has 0 aliphatic carbocycles. The fourth-order valence-corrected chi connectivity index (χ4v) is 2.48. The zero-order chi connectivity index (χ0) is 15.6. The first-order chi connectivity index (χ1) is 9.07. The summed E-state index contributed by atoms with van der Waals surface area (Å²) in [4.78, 5) is -1.22. The standard InChI is InChI=1S/C10H2F6N2S2/c11-9(12,13)19-7-1-2-8(20-10(14,15)16)6(4-18)5(7)3-17/h1-2H. The lowest BCUT2D eigenvalue weighted by molar-refractivity contribution is -0.0338. The zero-order valence-corrected chi connectivity index (χ0v) is 10.8. The summed E-state index contributed by atoms with van der Waals surface area (Å²) < 4.78 is 73.5. The van der Waals surface area contributed by atoms with Crippen LogP contribution < -0.4 is 0 Å². The van der Waals surface area contributed by atoms with Crippen LogP contribution in [-0.4, -0.2) is 11.0 Å². The highest BCUT2D eigenvalue weighted by Gasteiger charge is 2.34. The van der Waals surface area contributed by atoms with Crippen molar-refractivity contribution in [2.45, 2.75) is 20.8 Å². The molecule has 0 radical (unpaired) electrons. The number of nitriles is 2. The smallest absolute Gasteiger partial charge is 0.192 e. The van der Waals surface area contributed by atoms with Crippen molar-refractivity contribution in [3.8, 4) is 12.1 Å². The number of rotatable bonds is 2. The summed E-state index contributed by atoms with van der Waals surface area (Å²) in [6.07, 6.45) is 0. The van der Waals surface area contributed by atoms with Gasteiger partial charge in [0.2, 0.25) is 0 Å². The first-order valence-electron chi connectivity index (χ1n) is 4.56. The Morgan fingerprint density at radius 2 is 1.05 bits per heavy atom. The number of alkyl halides is 6. The number of halogens is 6. The van der Waals surface area contributed by atoms with E-state index in [9.17, 15) is 26.3 Å². The molecule has 0 aliphatic rings.